The third-order valence-electron chi connectivity index (χ3n) is 3.37. The first-order valence-electron chi connectivity index (χ1n) is 6.15. The van der Waals surface area contributed by atoms with Gasteiger partial charge in [-0.25, -0.2) is 17.5 Å². The zero-order valence-corrected chi connectivity index (χ0v) is 13.3. The minimum Gasteiger partial charge on any atom is -0.399 e. The first-order valence-corrected chi connectivity index (χ1v) is 9.29. The van der Waals surface area contributed by atoms with E-state index in [-0.39, 0.29) is 22.0 Å². The van der Waals surface area contributed by atoms with Crippen LogP contribution in [-0.4, -0.2) is 26.0 Å². The van der Waals surface area contributed by atoms with Gasteiger partial charge in [0.15, 0.2) is 5.82 Å². The van der Waals surface area contributed by atoms with Crippen molar-refractivity contribution in [3.63, 3.8) is 0 Å². The second kappa shape index (κ2) is 6.09. The van der Waals surface area contributed by atoms with Crippen molar-refractivity contribution in [2.75, 3.05) is 12.0 Å². The number of hydrogen-bond acceptors (Lipinski definition) is 4. The minimum atomic E-state index is -3.97. The number of nitrogens with one attached hydrogen (secondary N) is 1. The monoisotopic (exact) mass is 338 g/mol. The van der Waals surface area contributed by atoms with Crippen LogP contribution in [0.3, 0.4) is 0 Å². The van der Waals surface area contributed by atoms with Crippen molar-refractivity contribution >= 4 is 39.1 Å². The number of nitrogen functional groups attached to an aromatic ring is 1. The van der Waals surface area contributed by atoms with E-state index >= 15 is 0 Å². The molecule has 0 radical (unpaired) electrons. The summed E-state index contributed by atoms with van der Waals surface area (Å²) in [7, 11) is -3.97. The fraction of sp³-hybridized carbons (Fsp3) is 0.500. The lowest BCUT2D eigenvalue weighted by molar-refractivity contribution is 0.539. The Bertz CT molecular complexity index is 610. The Balaban J connectivity index is 2.31. The summed E-state index contributed by atoms with van der Waals surface area (Å²) in [5, 5.41) is -0.0809. The normalized spacial score (nSPS) is 23.1. The summed E-state index contributed by atoms with van der Waals surface area (Å²) >= 11 is 7.26. The minimum absolute atomic E-state index is 0.115. The Morgan fingerprint density at radius 2 is 2.15 bits per heavy atom. The van der Waals surface area contributed by atoms with Gasteiger partial charge in [0.2, 0.25) is 10.0 Å². The molecule has 0 aliphatic heterocycles. The zero-order valence-electron chi connectivity index (χ0n) is 10.9. The molecule has 1 fully saturated rings. The smallest absolute Gasteiger partial charge is 0.243 e. The van der Waals surface area contributed by atoms with Gasteiger partial charge in [0, 0.05) is 17.0 Å². The third-order valence-corrected chi connectivity index (χ3v) is 6.30. The van der Waals surface area contributed by atoms with Gasteiger partial charge in [0.1, 0.15) is 4.90 Å². The maximum absolute atomic E-state index is 13.9. The van der Waals surface area contributed by atoms with Crippen LogP contribution in [0.25, 0.3) is 0 Å². The molecular formula is C12H16ClFN2O2S2. The molecule has 1 saturated carbocycles. The molecule has 2 unspecified atom stereocenters. The fourth-order valence-electron chi connectivity index (χ4n) is 2.39. The number of sulfonamides is 1. The van der Waals surface area contributed by atoms with Crippen LogP contribution in [0, 0.1) is 5.82 Å². The van der Waals surface area contributed by atoms with E-state index in [1.54, 1.807) is 11.8 Å². The Morgan fingerprint density at radius 3 is 2.80 bits per heavy atom. The largest absolute Gasteiger partial charge is 0.399 e. The van der Waals surface area contributed by atoms with Gasteiger partial charge < -0.3 is 5.73 Å². The summed E-state index contributed by atoms with van der Waals surface area (Å²) in [6.07, 6.45) is 4.60. The molecule has 4 nitrogen and oxygen atoms in total. The Labute approximate surface area is 127 Å². The van der Waals surface area contributed by atoms with Crippen LogP contribution in [0.1, 0.15) is 19.3 Å². The maximum atomic E-state index is 13.9. The molecule has 0 heterocycles. The van der Waals surface area contributed by atoms with Crippen LogP contribution in [-0.2, 0) is 10.0 Å². The van der Waals surface area contributed by atoms with E-state index in [9.17, 15) is 12.8 Å². The highest BCUT2D eigenvalue weighted by Crippen LogP contribution is 2.31. The van der Waals surface area contributed by atoms with Crippen molar-refractivity contribution in [2.24, 2.45) is 0 Å². The van der Waals surface area contributed by atoms with Gasteiger partial charge >= 0.3 is 0 Å². The van der Waals surface area contributed by atoms with Crippen LogP contribution in [0.5, 0.6) is 0 Å². The van der Waals surface area contributed by atoms with Gasteiger partial charge in [-0.05, 0) is 31.2 Å². The highest BCUT2D eigenvalue weighted by molar-refractivity contribution is 7.99. The summed E-state index contributed by atoms with van der Waals surface area (Å²) in [6, 6.07) is 2.09. The van der Waals surface area contributed by atoms with Gasteiger partial charge in [-0.3, -0.25) is 0 Å². The lowest BCUT2D eigenvalue weighted by atomic mass is 10.3. The average Bonchev–Trinajstić information content (AvgIpc) is 2.80. The number of nitrogens with two attached hydrogens (primary N) is 1. The van der Waals surface area contributed by atoms with Crippen LogP contribution in [0.15, 0.2) is 17.0 Å². The molecule has 0 amide bonds. The van der Waals surface area contributed by atoms with Crippen molar-refractivity contribution < 1.29 is 12.8 Å². The van der Waals surface area contributed by atoms with Crippen LogP contribution < -0.4 is 10.5 Å². The molecule has 0 saturated heterocycles. The Morgan fingerprint density at radius 1 is 1.45 bits per heavy atom. The van der Waals surface area contributed by atoms with Crippen LogP contribution in [0.4, 0.5) is 10.1 Å². The van der Waals surface area contributed by atoms with E-state index in [4.69, 9.17) is 17.3 Å². The summed E-state index contributed by atoms with van der Waals surface area (Å²) in [4.78, 5) is -0.491. The molecule has 20 heavy (non-hydrogen) atoms. The highest BCUT2D eigenvalue weighted by atomic mass is 35.5. The zero-order chi connectivity index (χ0) is 14.9. The molecule has 1 aromatic rings. The van der Waals surface area contributed by atoms with E-state index in [0.717, 1.165) is 25.3 Å². The number of hydrogen-bond donors (Lipinski definition) is 2. The van der Waals surface area contributed by atoms with Gasteiger partial charge in [-0.2, -0.15) is 11.8 Å². The molecule has 3 N–H and O–H groups in total. The lowest BCUT2D eigenvalue weighted by Crippen LogP contribution is -2.39. The molecular weight excluding hydrogens is 323 g/mol. The van der Waals surface area contributed by atoms with E-state index in [0.29, 0.717) is 0 Å². The van der Waals surface area contributed by atoms with Gasteiger partial charge in [-0.15, -0.1) is 0 Å². The first-order chi connectivity index (χ1) is 9.35. The average molecular weight is 339 g/mol. The molecule has 2 rings (SSSR count). The van der Waals surface area contributed by atoms with Crippen molar-refractivity contribution in [1.29, 1.82) is 0 Å². The first kappa shape index (κ1) is 15.9. The Hall–Kier alpha value is -0.500. The quantitative estimate of drug-likeness (QED) is 0.828. The molecule has 0 spiro atoms. The van der Waals surface area contributed by atoms with Gasteiger partial charge in [0.05, 0.1) is 5.02 Å². The van der Waals surface area contributed by atoms with Crippen molar-refractivity contribution in [1.82, 2.24) is 4.72 Å². The number of anilines is 1. The second-order valence-electron chi connectivity index (χ2n) is 4.75. The maximum Gasteiger partial charge on any atom is 0.243 e. The third kappa shape index (κ3) is 3.21. The van der Waals surface area contributed by atoms with E-state index in [1.807, 2.05) is 6.26 Å². The highest BCUT2D eigenvalue weighted by Gasteiger charge is 2.32. The van der Waals surface area contributed by atoms with Crippen LogP contribution >= 0.6 is 23.4 Å². The summed E-state index contributed by atoms with van der Waals surface area (Å²) in [6.45, 7) is 0. The van der Waals surface area contributed by atoms with Gasteiger partial charge in [0.25, 0.3) is 0 Å². The van der Waals surface area contributed by atoms with E-state index in [2.05, 4.69) is 4.72 Å². The van der Waals surface area contributed by atoms with Crippen molar-refractivity contribution in [3.05, 3.63) is 23.0 Å². The molecule has 1 aromatic carbocycles. The van der Waals surface area contributed by atoms with Crippen molar-refractivity contribution in [3.8, 4) is 0 Å². The van der Waals surface area contributed by atoms with Crippen molar-refractivity contribution in [2.45, 2.75) is 35.4 Å². The molecule has 8 heteroatoms. The SMILES string of the molecule is CSC1CCCC1NS(=O)(=O)c1cc(N)cc(Cl)c1F. The summed E-state index contributed by atoms with van der Waals surface area (Å²) < 4.78 is 41.1. The summed E-state index contributed by atoms with van der Waals surface area (Å²) in [5.41, 5.74) is 5.65. The molecule has 2 atom stereocenters. The van der Waals surface area contributed by atoms with Crippen LogP contribution in [0.2, 0.25) is 5.02 Å². The fourth-order valence-corrected chi connectivity index (χ4v) is 5.13. The second-order valence-corrected chi connectivity index (χ2v) is 7.91. The molecule has 1 aliphatic rings. The number of benzene rings is 1. The molecule has 112 valence electrons. The molecule has 0 bridgehead atoms. The lowest BCUT2D eigenvalue weighted by Gasteiger charge is -2.19. The Kier molecular flexibility index (Phi) is 4.84. The number of halogens is 2. The standard InChI is InChI=1S/C12H16ClFN2O2S2/c1-19-10-4-2-3-9(10)16-20(17,18)11-6-7(15)5-8(13)12(11)14/h5-6,9-10,16H,2-4,15H2,1H3. The number of rotatable bonds is 4. The topological polar surface area (TPSA) is 72.2 Å². The number of thioether (sulfide) groups is 1. The molecule has 1 aliphatic carbocycles. The molecule has 0 aromatic heterocycles. The van der Waals surface area contributed by atoms with Gasteiger partial charge in [-0.1, -0.05) is 18.0 Å². The van der Waals surface area contributed by atoms with E-state index in [1.165, 1.54) is 6.07 Å². The predicted molar refractivity (Wildman–Crippen MR) is 81.1 cm³/mol. The summed E-state index contributed by atoms with van der Waals surface area (Å²) in [5.74, 6) is -0.966. The van der Waals surface area contributed by atoms with E-state index < -0.39 is 20.7 Å². The predicted octanol–water partition coefficient (Wildman–Crippen LogP) is 2.62.